The zero-order chi connectivity index (χ0) is 27.7. The van der Waals surface area contributed by atoms with Crippen LogP contribution in [0, 0.1) is 0 Å². The summed E-state index contributed by atoms with van der Waals surface area (Å²) in [4.78, 5) is 27.0. The van der Waals surface area contributed by atoms with Gasteiger partial charge in [0, 0.05) is 35.9 Å². The Bertz CT molecular complexity index is 1500. The Morgan fingerprint density at radius 2 is 1.70 bits per heavy atom. The zero-order valence-electron chi connectivity index (χ0n) is 21.8. The number of carbonyl (C=O) groups is 2. The van der Waals surface area contributed by atoms with Crippen LogP contribution in [0.1, 0.15) is 32.6 Å². The van der Waals surface area contributed by atoms with E-state index in [1.54, 1.807) is 54.7 Å². The highest BCUT2D eigenvalue weighted by molar-refractivity contribution is 6.30. The highest BCUT2D eigenvalue weighted by Gasteiger charge is 2.16. The number of nitrogens with zero attached hydrogens (tertiary/aromatic N) is 2. The van der Waals surface area contributed by atoms with Crippen LogP contribution in [0.15, 0.2) is 102 Å². The number of fused-ring (bicyclic) bond motifs is 1. The number of halogens is 1. The molecule has 0 unspecified atom stereocenters. The number of hydrogen-bond donors (Lipinski definition) is 2. The van der Waals surface area contributed by atoms with Crippen LogP contribution in [-0.4, -0.2) is 36.1 Å². The lowest BCUT2D eigenvalue weighted by atomic mass is 9.99. The van der Waals surface area contributed by atoms with E-state index in [2.05, 4.69) is 45.0 Å². The monoisotopic (exact) mass is 552 g/mol. The number of hydrazone groups is 1. The highest BCUT2D eigenvalue weighted by Crippen LogP contribution is 2.20. The molecular formula is C32H29ClN4O3. The van der Waals surface area contributed by atoms with Crippen molar-refractivity contribution in [2.75, 3.05) is 18.5 Å². The van der Waals surface area contributed by atoms with Gasteiger partial charge in [0.1, 0.15) is 5.75 Å². The van der Waals surface area contributed by atoms with Crippen molar-refractivity contribution in [1.82, 2.24) is 10.3 Å². The summed E-state index contributed by atoms with van der Waals surface area (Å²) >= 11 is 5.93. The normalized spacial score (nSPS) is 13.0. The first-order chi connectivity index (χ1) is 19.5. The van der Waals surface area contributed by atoms with Crippen molar-refractivity contribution in [3.63, 3.8) is 0 Å². The topological polar surface area (TPSA) is 83.0 Å². The van der Waals surface area contributed by atoms with Gasteiger partial charge < -0.3 is 10.1 Å². The molecule has 7 nitrogen and oxygen atoms in total. The number of ether oxygens (including phenoxy) is 1. The third kappa shape index (κ3) is 7.56. The van der Waals surface area contributed by atoms with Crippen LogP contribution >= 0.6 is 11.6 Å². The van der Waals surface area contributed by atoms with Crippen LogP contribution in [0.2, 0.25) is 5.02 Å². The summed E-state index contributed by atoms with van der Waals surface area (Å²) in [7, 11) is 0. The Kier molecular flexibility index (Phi) is 8.86. The first-order valence-electron chi connectivity index (χ1n) is 13.0. The first-order valence-corrected chi connectivity index (χ1v) is 13.4. The van der Waals surface area contributed by atoms with Gasteiger partial charge in [0.25, 0.3) is 11.8 Å². The molecule has 0 aliphatic carbocycles. The van der Waals surface area contributed by atoms with Crippen molar-refractivity contribution < 1.29 is 14.3 Å². The van der Waals surface area contributed by atoms with E-state index in [9.17, 15) is 9.59 Å². The minimum Gasteiger partial charge on any atom is -0.484 e. The van der Waals surface area contributed by atoms with Crippen molar-refractivity contribution in [2.45, 2.75) is 19.5 Å². The lowest BCUT2D eigenvalue weighted by Gasteiger charge is -2.28. The molecule has 4 aromatic carbocycles. The molecule has 8 heteroatoms. The number of benzene rings is 4. The molecule has 2 amide bonds. The molecule has 202 valence electrons. The third-order valence-corrected chi connectivity index (χ3v) is 6.81. The molecule has 0 saturated carbocycles. The molecule has 0 saturated heterocycles. The smallest absolute Gasteiger partial charge is 0.271 e. The second-order valence-electron chi connectivity index (χ2n) is 9.54. The van der Waals surface area contributed by atoms with E-state index in [0.717, 1.165) is 31.6 Å². The Hall–Kier alpha value is -4.46. The molecule has 1 aliphatic heterocycles. The van der Waals surface area contributed by atoms with Gasteiger partial charge in [-0.3, -0.25) is 14.5 Å². The number of anilines is 1. The van der Waals surface area contributed by atoms with Crippen molar-refractivity contribution in [3.05, 3.63) is 130 Å². The number of amides is 2. The third-order valence-electron chi connectivity index (χ3n) is 6.57. The molecule has 0 spiro atoms. The lowest BCUT2D eigenvalue weighted by molar-refractivity contribution is -0.118. The number of nitrogens with one attached hydrogen (secondary N) is 2. The molecule has 1 heterocycles. The molecule has 5 rings (SSSR count). The molecule has 0 aromatic heterocycles. The van der Waals surface area contributed by atoms with Crippen molar-refractivity contribution in [2.24, 2.45) is 5.10 Å². The summed E-state index contributed by atoms with van der Waals surface area (Å²) in [6.07, 6.45) is 2.61. The Morgan fingerprint density at radius 3 is 2.48 bits per heavy atom. The van der Waals surface area contributed by atoms with E-state index in [-0.39, 0.29) is 18.4 Å². The molecule has 0 fully saturated rings. The maximum atomic E-state index is 12.5. The van der Waals surface area contributed by atoms with E-state index >= 15 is 0 Å². The van der Waals surface area contributed by atoms with Crippen molar-refractivity contribution in [3.8, 4) is 5.75 Å². The standard InChI is InChI=1S/C32H29ClN4O3/c33-28-6-3-7-29(18-28)35-31(38)22-40-30-14-10-23(11-15-30)19-34-36-32(39)26-12-8-24(9-13-26)20-37-17-16-25-4-1-2-5-27(25)21-37/h1-15,18-19H,16-17,20-22H2,(H,35,38)(H,36,39)/b34-19-. The van der Waals surface area contributed by atoms with Gasteiger partial charge in [0.2, 0.25) is 0 Å². The summed E-state index contributed by atoms with van der Waals surface area (Å²) in [5.41, 5.74) is 8.49. The maximum absolute atomic E-state index is 12.5. The fraction of sp³-hybridized carbons (Fsp3) is 0.156. The molecule has 1 aliphatic rings. The molecule has 0 atom stereocenters. The molecule has 40 heavy (non-hydrogen) atoms. The van der Waals surface area contributed by atoms with Crippen LogP contribution in [0.3, 0.4) is 0 Å². The Labute approximate surface area is 238 Å². The van der Waals surface area contributed by atoms with Crippen LogP contribution in [-0.2, 0) is 24.3 Å². The largest absolute Gasteiger partial charge is 0.484 e. The zero-order valence-corrected chi connectivity index (χ0v) is 22.6. The average molecular weight is 553 g/mol. The molecule has 0 radical (unpaired) electrons. The van der Waals surface area contributed by atoms with Gasteiger partial charge in [-0.25, -0.2) is 5.43 Å². The minimum atomic E-state index is -0.291. The van der Waals surface area contributed by atoms with Gasteiger partial charge in [-0.2, -0.15) is 5.10 Å². The Morgan fingerprint density at radius 1 is 0.925 bits per heavy atom. The van der Waals surface area contributed by atoms with Crippen molar-refractivity contribution >= 4 is 35.3 Å². The molecular weight excluding hydrogens is 524 g/mol. The van der Waals surface area contributed by atoms with Gasteiger partial charge >= 0.3 is 0 Å². The number of hydrogen-bond acceptors (Lipinski definition) is 5. The molecule has 4 aromatic rings. The summed E-state index contributed by atoms with van der Waals surface area (Å²) < 4.78 is 5.54. The summed E-state index contributed by atoms with van der Waals surface area (Å²) in [5.74, 6) is -0.0300. The fourth-order valence-electron chi connectivity index (χ4n) is 4.50. The van der Waals surface area contributed by atoms with Crippen LogP contribution in [0.25, 0.3) is 0 Å². The minimum absolute atomic E-state index is 0.138. The van der Waals surface area contributed by atoms with Crippen molar-refractivity contribution in [1.29, 1.82) is 0 Å². The van der Waals surface area contributed by atoms with E-state index < -0.39 is 0 Å². The van der Waals surface area contributed by atoms with Crippen LogP contribution in [0.4, 0.5) is 5.69 Å². The van der Waals surface area contributed by atoms with E-state index in [1.807, 2.05) is 24.3 Å². The maximum Gasteiger partial charge on any atom is 0.271 e. The van der Waals surface area contributed by atoms with E-state index in [4.69, 9.17) is 16.3 Å². The van der Waals surface area contributed by atoms with Gasteiger partial charge in [-0.1, -0.05) is 54.1 Å². The number of rotatable bonds is 9. The first kappa shape index (κ1) is 27.1. The molecule has 0 bridgehead atoms. The highest BCUT2D eigenvalue weighted by atomic mass is 35.5. The van der Waals surface area contributed by atoms with Gasteiger partial charge in [0.15, 0.2) is 6.61 Å². The average Bonchev–Trinajstić information content (AvgIpc) is 2.97. The quantitative estimate of drug-likeness (QED) is 0.207. The predicted molar refractivity (Wildman–Crippen MR) is 158 cm³/mol. The SMILES string of the molecule is O=C(COc1ccc(/C=N\NC(=O)c2ccc(CN3CCc4ccccc4C3)cc2)cc1)Nc1cccc(Cl)c1. The second-order valence-corrected chi connectivity index (χ2v) is 9.98. The summed E-state index contributed by atoms with van der Waals surface area (Å²) in [5, 5.41) is 7.34. The second kappa shape index (κ2) is 13.1. The van der Waals surface area contributed by atoms with Gasteiger partial charge in [-0.15, -0.1) is 0 Å². The molecule has 2 N–H and O–H groups in total. The summed E-state index contributed by atoms with van der Waals surface area (Å²) in [6.45, 7) is 2.68. The summed E-state index contributed by atoms with van der Waals surface area (Å²) in [6, 6.07) is 30.2. The number of carbonyl (C=O) groups excluding carboxylic acids is 2. The van der Waals surface area contributed by atoms with Gasteiger partial charge in [0.05, 0.1) is 6.21 Å². The predicted octanol–water partition coefficient (Wildman–Crippen LogP) is 5.68. The van der Waals surface area contributed by atoms with Gasteiger partial charge in [-0.05, 0) is 83.3 Å². The van der Waals surface area contributed by atoms with Crippen LogP contribution in [0.5, 0.6) is 5.75 Å². The lowest BCUT2D eigenvalue weighted by Crippen LogP contribution is -2.30. The fourth-order valence-corrected chi connectivity index (χ4v) is 4.69. The van der Waals surface area contributed by atoms with Crippen LogP contribution < -0.4 is 15.5 Å². The Balaban J connectivity index is 1.05. The van der Waals surface area contributed by atoms with E-state index in [1.165, 1.54) is 16.7 Å². The van der Waals surface area contributed by atoms with E-state index in [0.29, 0.717) is 22.0 Å².